The zero-order valence-electron chi connectivity index (χ0n) is 7.95. The van der Waals surface area contributed by atoms with Crippen molar-refractivity contribution >= 4 is 0 Å². The highest BCUT2D eigenvalue weighted by Crippen LogP contribution is 2.28. The lowest BCUT2D eigenvalue weighted by molar-refractivity contribution is 0.497. The van der Waals surface area contributed by atoms with E-state index < -0.39 is 0 Å². The molecule has 1 aliphatic rings. The van der Waals surface area contributed by atoms with Gasteiger partial charge in [0.1, 0.15) is 5.82 Å². The molecule has 0 spiro atoms. The lowest BCUT2D eigenvalue weighted by Gasteiger charge is -2.06. The van der Waals surface area contributed by atoms with Gasteiger partial charge in [-0.2, -0.15) is 0 Å². The van der Waals surface area contributed by atoms with E-state index in [4.69, 9.17) is 0 Å². The Morgan fingerprint density at radius 2 is 1.85 bits per heavy atom. The van der Waals surface area contributed by atoms with E-state index in [-0.39, 0.29) is 0 Å². The van der Waals surface area contributed by atoms with Crippen molar-refractivity contribution in [2.75, 3.05) is 0 Å². The summed E-state index contributed by atoms with van der Waals surface area (Å²) in [6, 6.07) is 1.87. The number of rotatable bonds is 3. The minimum Gasteiger partial charge on any atom is -0.241 e. The van der Waals surface area contributed by atoms with E-state index in [1.165, 1.54) is 32.1 Å². The third kappa shape index (κ3) is 2.51. The van der Waals surface area contributed by atoms with Gasteiger partial charge in [0, 0.05) is 18.8 Å². The van der Waals surface area contributed by atoms with Gasteiger partial charge in [0.25, 0.3) is 0 Å². The van der Waals surface area contributed by atoms with Crippen molar-refractivity contribution in [3.63, 3.8) is 0 Å². The summed E-state index contributed by atoms with van der Waals surface area (Å²) >= 11 is 0. The summed E-state index contributed by atoms with van der Waals surface area (Å²) in [6.07, 6.45) is 11.7. The molecule has 2 nitrogen and oxygen atoms in total. The number of hydrogen-bond donors (Lipinski definition) is 0. The molecule has 0 aromatic carbocycles. The maximum absolute atomic E-state index is 4.23. The average molecular weight is 176 g/mol. The molecule has 0 bridgehead atoms. The van der Waals surface area contributed by atoms with Gasteiger partial charge >= 0.3 is 0 Å². The fourth-order valence-corrected chi connectivity index (χ4v) is 2.09. The highest BCUT2D eigenvalue weighted by Gasteiger charge is 2.14. The van der Waals surface area contributed by atoms with Crippen molar-refractivity contribution in [3.8, 4) is 0 Å². The van der Waals surface area contributed by atoms with E-state index in [0.29, 0.717) is 0 Å². The molecule has 0 aliphatic heterocycles. The molecule has 1 aromatic rings. The molecule has 13 heavy (non-hydrogen) atoms. The quantitative estimate of drug-likeness (QED) is 0.707. The van der Waals surface area contributed by atoms with Crippen LogP contribution in [0, 0.1) is 5.92 Å². The molecular formula is C11H16N2. The van der Waals surface area contributed by atoms with Crippen molar-refractivity contribution in [1.82, 2.24) is 9.97 Å². The van der Waals surface area contributed by atoms with Crippen LogP contribution in [0.1, 0.15) is 37.9 Å². The number of nitrogens with zero attached hydrogens (tertiary/aromatic N) is 2. The van der Waals surface area contributed by atoms with Crippen LogP contribution in [0.15, 0.2) is 18.5 Å². The lowest BCUT2D eigenvalue weighted by atomic mass is 10.0. The van der Waals surface area contributed by atoms with Gasteiger partial charge in [0.05, 0.1) is 0 Å². The fraction of sp³-hybridized carbons (Fsp3) is 0.636. The van der Waals surface area contributed by atoms with Gasteiger partial charge in [0.15, 0.2) is 0 Å². The molecule has 0 amide bonds. The highest BCUT2D eigenvalue weighted by molar-refractivity contribution is 4.89. The first-order valence-corrected chi connectivity index (χ1v) is 5.21. The van der Waals surface area contributed by atoms with E-state index in [2.05, 4.69) is 9.97 Å². The maximum Gasteiger partial charge on any atom is 0.128 e. The van der Waals surface area contributed by atoms with Crippen LogP contribution in [0.2, 0.25) is 0 Å². The Kier molecular flexibility index (Phi) is 2.90. The lowest BCUT2D eigenvalue weighted by Crippen LogP contribution is -1.99. The van der Waals surface area contributed by atoms with Crippen molar-refractivity contribution in [3.05, 3.63) is 24.3 Å². The third-order valence-electron chi connectivity index (χ3n) is 2.87. The SMILES string of the molecule is c1cnc(CCC2CCCC2)nc1. The zero-order valence-corrected chi connectivity index (χ0v) is 7.95. The summed E-state index contributed by atoms with van der Waals surface area (Å²) in [5, 5.41) is 0. The number of aromatic nitrogens is 2. The van der Waals surface area contributed by atoms with E-state index in [0.717, 1.165) is 18.2 Å². The molecule has 0 N–H and O–H groups in total. The van der Waals surface area contributed by atoms with Crippen molar-refractivity contribution in [2.24, 2.45) is 5.92 Å². The number of aryl methyl sites for hydroxylation is 1. The Labute approximate surface area is 79.4 Å². The molecule has 0 atom stereocenters. The van der Waals surface area contributed by atoms with Crippen LogP contribution in [0.5, 0.6) is 0 Å². The smallest absolute Gasteiger partial charge is 0.128 e. The van der Waals surface area contributed by atoms with E-state index >= 15 is 0 Å². The van der Waals surface area contributed by atoms with Crippen molar-refractivity contribution in [2.45, 2.75) is 38.5 Å². The monoisotopic (exact) mass is 176 g/mol. The van der Waals surface area contributed by atoms with Gasteiger partial charge < -0.3 is 0 Å². The van der Waals surface area contributed by atoms with E-state index in [1.807, 2.05) is 18.5 Å². The average Bonchev–Trinajstić information content (AvgIpc) is 2.69. The molecular weight excluding hydrogens is 160 g/mol. The molecule has 70 valence electrons. The first-order chi connectivity index (χ1) is 6.45. The largest absolute Gasteiger partial charge is 0.241 e. The van der Waals surface area contributed by atoms with Crippen molar-refractivity contribution in [1.29, 1.82) is 0 Å². The molecule has 1 fully saturated rings. The predicted octanol–water partition coefficient (Wildman–Crippen LogP) is 2.60. The summed E-state index contributed by atoms with van der Waals surface area (Å²) in [5.41, 5.74) is 0. The standard InChI is InChI=1S/C11H16N2/c1-2-5-10(4-1)6-7-11-12-8-3-9-13-11/h3,8-10H,1-2,4-7H2. The molecule has 0 radical (unpaired) electrons. The Morgan fingerprint density at radius 3 is 2.54 bits per heavy atom. The molecule has 1 heterocycles. The van der Waals surface area contributed by atoms with E-state index in [1.54, 1.807) is 0 Å². The summed E-state index contributed by atoms with van der Waals surface area (Å²) in [5.74, 6) is 1.96. The van der Waals surface area contributed by atoms with Crippen LogP contribution >= 0.6 is 0 Å². The second-order valence-electron chi connectivity index (χ2n) is 3.85. The zero-order chi connectivity index (χ0) is 8.93. The molecule has 1 saturated carbocycles. The Morgan fingerprint density at radius 1 is 1.15 bits per heavy atom. The Balaban J connectivity index is 1.79. The van der Waals surface area contributed by atoms with Gasteiger partial charge in [-0.25, -0.2) is 9.97 Å². The fourth-order valence-electron chi connectivity index (χ4n) is 2.09. The van der Waals surface area contributed by atoms with Crippen LogP contribution in [-0.4, -0.2) is 9.97 Å². The molecule has 0 unspecified atom stereocenters. The highest BCUT2D eigenvalue weighted by atomic mass is 14.8. The van der Waals surface area contributed by atoms with Gasteiger partial charge in [-0.15, -0.1) is 0 Å². The second kappa shape index (κ2) is 4.35. The molecule has 0 saturated heterocycles. The summed E-state index contributed by atoms with van der Waals surface area (Å²) < 4.78 is 0. The van der Waals surface area contributed by atoms with Crippen LogP contribution in [-0.2, 0) is 6.42 Å². The second-order valence-corrected chi connectivity index (χ2v) is 3.85. The summed E-state index contributed by atoms with van der Waals surface area (Å²) in [4.78, 5) is 8.46. The van der Waals surface area contributed by atoms with Crippen molar-refractivity contribution < 1.29 is 0 Å². The first kappa shape index (κ1) is 8.67. The van der Waals surface area contributed by atoms with Crippen LogP contribution in [0.4, 0.5) is 0 Å². The van der Waals surface area contributed by atoms with Crippen LogP contribution in [0.3, 0.4) is 0 Å². The summed E-state index contributed by atoms with van der Waals surface area (Å²) in [7, 11) is 0. The normalized spacial score (nSPS) is 17.8. The van der Waals surface area contributed by atoms with Gasteiger partial charge in [-0.05, 0) is 18.4 Å². The first-order valence-electron chi connectivity index (χ1n) is 5.21. The molecule has 2 rings (SSSR count). The Hall–Kier alpha value is -0.920. The summed E-state index contributed by atoms with van der Waals surface area (Å²) in [6.45, 7) is 0. The van der Waals surface area contributed by atoms with Crippen LogP contribution < -0.4 is 0 Å². The molecule has 1 aliphatic carbocycles. The van der Waals surface area contributed by atoms with Crippen LogP contribution in [0.25, 0.3) is 0 Å². The van der Waals surface area contributed by atoms with Gasteiger partial charge in [0.2, 0.25) is 0 Å². The predicted molar refractivity (Wildman–Crippen MR) is 52.3 cm³/mol. The topological polar surface area (TPSA) is 25.8 Å². The molecule has 1 aromatic heterocycles. The Bertz CT molecular complexity index is 240. The number of hydrogen-bond acceptors (Lipinski definition) is 2. The van der Waals surface area contributed by atoms with Gasteiger partial charge in [-0.3, -0.25) is 0 Å². The minimum atomic E-state index is 0.948. The third-order valence-corrected chi connectivity index (χ3v) is 2.87. The maximum atomic E-state index is 4.23. The molecule has 2 heteroatoms. The van der Waals surface area contributed by atoms with E-state index in [9.17, 15) is 0 Å². The minimum absolute atomic E-state index is 0.948. The van der Waals surface area contributed by atoms with Gasteiger partial charge in [-0.1, -0.05) is 25.7 Å².